The summed E-state index contributed by atoms with van der Waals surface area (Å²) in [5.41, 5.74) is 1.79. The van der Waals surface area contributed by atoms with Crippen LogP contribution in [-0.2, 0) is 16.0 Å². The minimum Gasteiger partial charge on any atom is -0.469 e. The molecule has 5 nitrogen and oxygen atoms in total. The number of anilines is 1. The van der Waals surface area contributed by atoms with Gasteiger partial charge < -0.3 is 20.1 Å². The molecule has 2 rings (SSSR count). The molecule has 1 fully saturated rings. The molecular formula is C15H20N2O3S. The molecule has 0 spiro atoms. The Bertz CT molecular complexity index is 496. The number of hydrogen-bond donors (Lipinski definition) is 2. The van der Waals surface area contributed by atoms with Crippen molar-refractivity contribution in [1.82, 2.24) is 4.90 Å². The fourth-order valence-corrected chi connectivity index (χ4v) is 2.52. The summed E-state index contributed by atoms with van der Waals surface area (Å²) >= 11 is 5.38. The molecule has 1 saturated heterocycles. The van der Waals surface area contributed by atoms with Crippen LogP contribution in [0.5, 0.6) is 0 Å². The van der Waals surface area contributed by atoms with Gasteiger partial charge >= 0.3 is 5.97 Å². The minimum absolute atomic E-state index is 0.207. The highest BCUT2D eigenvalue weighted by Crippen LogP contribution is 2.14. The molecule has 1 aliphatic heterocycles. The van der Waals surface area contributed by atoms with E-state index in [4.69, 9.17) is 12.2 Å². The van der Waals surface area contributed by atoms with Gasteiger partial charge in [-0.3, -0.25) is 4.79 Å². The van der Waals surface area contributed by atoms with Crippen molar-refractivity contribution in [2.75, 3.05) is 25.5 Å². The Morgan fingerprint density at radius 1 is 1.38 bits per heavy atom. The van der Waals surface area contributed by atoms with E-state index in [2.05, 4.69) is 15.0 Å². The van der Waals surface area contributed by atoms with E-state index in [1.807, 2.05) is 24.3 Å². The van der Waals surface area contributed by atoms with Crippen LogP contribution in [0.15, 0.2) is 24.3 Å². The van der Waals surface area contributed by atoms with Crippen molar-refractivity contribution in [1.29, 1.82) is 0 Å². The van der Waals surface area contributed by atoms with E-state index < -0.39 is 0 Å². The number of piperidine rings is 1. The Labute approximate surface area is 129 Å². The number of aliphatic hydroxyl groups is 1. The number of methoxy groups -OCH3 is 1. The monoisotopic (exact) mass is 308 g/mol. The lowest BCUT2D eigenvalue weighted by Crippen LogP contribution is -2.42. The number of aliphatic hydroxyl groups excluding tert-OH is 1. The van der Waals surface area contributed by atoms with Gasteiger partial charge in [-0.05, 0) is 42.8 Å². The molecule has 114 valence electrons. The number of carbonyl (C=O) groups is 1. The zero-order valence-corrected chi connectivity index (χ0v) is 12.9. The molecule has 6 heteroatoms. The number of ether oxygens (including phenoxy) is 1. The Morgan fingerprint density at radius 3 is 2.57 bits per heavy atom. The van der Waals surface area contributed by atoms with Gasteiger partial charge in [0.25, 0.3) is 0 Å². The zero-order valence-electron chi connectivity index (χ0n) is 12.0. The van der Waals surface area contributed by atoms with Crippen LogP contribution in [0.1, 0.15) is 18.4 Å². The van der Waals surface area contributed by atoms with Crippen LogP contribution in [0.2, 0.25) is 0 Å². The van der Waals surface area contributed by atoms with Crippen LogP contribution < -0.4 is 5.32 Å². The molecule has 1 aliphatic rings. The van der Waals surface area contributed by atoms with Crippen LogP contribution in [0.4, 0.5) is 5.69 Å². The molecule has 0 aliphatic carbocycles. The first-order valence-electron chi connectivity index (χ1n) is 6.98. The maximum atomic E-state index is 11.2. The van der Waals surface area contributed by atoms with Crippen molar-refractivity contribution in [3.63, 3.8) is 0 Å². The first-order valence-corrected chi connectivity index (χ1v) is 7.39. The van der Waals surface area contributed by atoms with E-state index in [1.165, 1.54) is 7.11 Å². The standard InChI is InChI=1S/C15H20N2O3S/c1-20-14(19)10-11-2-4-12(5-3-11)16-15(21)17-8-6-13(18)7-9-17/h2-5,13,18H,6-10H2,1H3,(H,16,21). The van der Waals surface area contributed by atoms with E-state index >= 15 is 0 Å². The first kappa shape index (κ1) is 15.7. The van der Waals surface area contributed by atoms with Gasteiger partial charge in [-0.25, -0.2) is 0 Å². The van der Waals surface area contributed by atoms with Crippen molar-refractivity contribution < 1.29 is 14.6 Å². The normalized spacial score (nSPS) is 15.6. The van der Waals surface area contributed by atoms with Gasteiger partial charge in [0.1, 0.15) is 0 Å². The minimum atomic E-state index is -0.252. The molecule has 2 N–H and O–H groups in total. The maximum absolute atomic E-state index is 11.2. The van der Waals surface area contributed by atoms with Crippen molar-refractivity contribution >= 4 is 29.0 Å². The van der Waals surface area contributed by atoms with Gasteiger partial charge in [-0.1, -0.05) is 12.1 Å². The number of carbonyl (C=O) groups excluding carboxylic acids is 1. The Balaban J connectivity index is 1.88. The predicted molar refractivity (Wildman–Crippen MR) is 85.2 cm³/mol. The third-order valence-corrected chi connectivity index (χ3v) is 3.89. The molecule has 0 atom stereocenters. The Morgan fingerprint density at radius 2 is 2.00 bits per heavy atom. The second-order valence-electron chi connectivity index (χ2n) is 5.10. The van der Waals surface area contributed by atoms with Crippen LogP contribution >= 0.6 is 12.2 Å². The van der Waals surface area contributed by atoms with Crippen molar-refractivity contribution in [3.8, 4) is 0 Å². The quantitative estimate of drug-likeness (QED) is 0.653. The summed E-state index contributed by atoms with van der Waals surface area (Å²) in [5, 5.41) is 13.3. The largest absolute Gasteiger partial charge is 0.469 e. The van der Waals surface area contributed by atoms with Crippen LogP contribution in [0, 0.1) is 0 Å². The lowest BCUT2D eigenvalue weighted by molar-refractivity contribution is -0.139. The highest BCUT2D eigenvalue weighted by molar-refractivity contribution is 7.80. The highest BCUT2D eigenvalue weighted by Gasteiger charge is 2.18. The zero-order chi connectivity index (χ0) is 15.2. The van der Waals surface area contributed by atoms with E-state index in [9.17, 15) is 9.90 Å². The van der Waals surface area contributed by atoms with E-state index in [1.54, 1.807) is 0 Å². The SMILES string of the molecule is COC(=O)Cc1ccc(NC(=S)N2CCC(O)CC2)cc1. The maximum Gasteiger partial charge on any atom is 0.309 e. The smallest absolute Gasteiger partial charge is 0.309 e. The second-order valence-corrected chi connectivity index (χ2v) is 5.48. The number of nitrogens with one attached hydrogen (secondary N) is 1. The summed E-state index contributed by atoms with van der Waals surface area (Å²) in [6, 6.07) is 7.54. The fourth-order valence-electron chi connectivity index (χ4n) is 2.22. The summed E-state index contributed by atoms with van der Waals surface area (Å²) in [7, 11) is 1.38. The van der Waals surface area contributed by atoms with Crippen LogP contribution in [0.25, 0.3) is 0 Å². The van der Waals surface area contributed by atoms with Crippen molar-refractivity contribution in [2.45, 2.75) is 25.4 Å². The van der Waals surface area contributed by atoms with E-state index in [0.717, 1.165) is 37.2 Å². The summed E-state index contributed by atoms with van der Waals surface area (Å²) in [5.74, 6) is -0.252. The average molecular weight is 308 g/mol. The lowest BCUT2D eigenvalue weighted by Gasteiger charge is -2.31. The number of hydrogen-bond acceptors (Lipinski definition) is 4. The molecular weight excluding hydrogens is 288 g/mol. The Hall–Kier alpha value is -1.66. The van der Waals surface area contributed by atoms with Crippen LogP contribution in [-0.4, -0.2) is 47.4 Å². The molecule has 0 aromatic heterocycles. The van der Waals surface area contributed by atoms with Gasteiger partial charge in [0, 0.05) is 18.8 Å². The average Bonchev–Trinajstić information content (AvgIpc) is 2.49. The summed E-state index contributed by atoms with van der Waals surface area (Å²) < 4.78 is 4.63. The lowest BCUT2D eigenvalue weighted by atomic mass is 10.1. The van der Waals surface area contributed by atoms with Gasteiger partial charge in [0.15, 0.2) is 5.11 Å². The van der Waals surface area contributed by atoms with Crippen LogP contribution in [0.3, 0.4) is 0 Å². The highest BCUT2D eigenvalue weighted by atomic mass is 32.1. The van der Waals surface area contributed by atoms with Crippen molar-refractivity contribution in [2.24, 2.45) is 0 Å². The molecule has 0 bridgehead atoms. The number of rotatable bonds is 3. The molecule has 1 aromatic carbocycles. The third-order valence-electron chi connectivity index (χ3n) is 3.53. The number of thiocarbonyl (C=S) groups is 1. The van der Waals surface area contributed by atoms with Crippen molar-refractivity contribution in [3.05, 3.63) is 29.8 Å². The van der Waals surface area contributed by atoms with Gasteiger partial charge in [-0.15, -0.1) is 0 Å². The number of benzene rings is 1. The third kappa shape index (κ3) is 4.68. The summed E-state index contributed by atoms with van der Waals surface area (Å²) in [6.45, 7) is 1.54. The Kier molecular flexibility index (Phi) is 5.52. The predicted octanol–water partition coefficient (Wildman–Crippen LogP) is 1.56. The van der Waals surface area contributed by atoms with Gasteiger partial charge in [0.05, 0.1) is 19.6 Å². The summed E-state index contributed by atoms with van der Waals surface area (Å²) in [6.07, 6.45) is 1.56. The number of likely N-dealkylation sites (tertiary alicyclic amines) is 1. The topological polar surface area (TPSA) is 61.8 Å². The molecule has 0 radical (unpaired) electrons. The fraction of sp³-hybridized carbons (Fsp3) is 0.467. The number of nitrogens with zero attached hydrogens (tertiary/aromatic N) is 1. The number of esters is 1. The van der Waals surface area contributed by atoms with Gasteiger partial charge in [-0.2, -0.15) is 0 Å². The molecule has 0 amide bonds. The molecule has 21 heavy (non-hydrogen) atoms. The van der Waals surface area contributed by atoms with Gasteiger partial charge in [0.2, 0.25) is 0 Å². The van der Waals surface area contributed by atoms with E-state index in [0.29, 0.717) is 5.11 Å². The first-order chi connectivity index (χ1) is 10.1. The summed E-state index contributed by atoms with van der Waals surface area (Å²) in [4.78, 5) is 13.3. The second kappa shape index (κ2) is 7.38. The molecule has 0 unspecified atom stereocenters. The molecule has 0 saturated carbocycles. The molecule has 1 aromatic rings. The van der Waals surface area contributed by atoms with E-state index in [-0.39, 0.29) is 18.5 Å². The molecule has 1 heterocycles.